The number of aliphatic imine (C=N–C) groups is 1. The minimum Gasteiger partial charge on any atom is -0.373 e. The summed E-state index contributed by atoms with van der Waals surface area (Å²) in [5, 5.41) is 6.80. The number of carbonyl (C=O) groups excluding carboxylic acids is 1. The quantitative estimate of drug-likeness (QED) is 0.646. The predicted octanol–water partition coefficient (Wildman–Crippen LogP) is 1.37. The molecule has 1 aromatic rings. The van der Waals surface area contributed by atoms with Crippen molar-refractivity contribution in [2.45, 2.75) is 44.1 Å². The number of benzene rings is 1. The van der Waals surface area contributed by atoms with E-state index >= 15 is 0 Å². The number of guanidine groups is 1. The van der Waals surface area contributed by atoms with Crippen LogP contribution in [-0.2, 0) is 11.3 Å². The van der Waals surface area contributed by atoms with E-state index in [9.17, 15) is 4.79 Å². The van der Waals surface area contributed by atoms with Crippen LogP contribution in [0.2, 0.25) is 0 Å². The molecule has 2 aliphatic rings. The van der Waals surface area contributed by atoms with Crippen LogP contribution in [-0.4, -0.2) is 56.2 Å². The first kappa shape index (κ1) is 16.8. The summed E-state index contributed by atoms with van der Waals surface area (Å²) < 4.78 is 5.87. The van der Waals surface area contributed by atoms with Crippen LogP contribution in [0, 0.1) is 0 Å². The molecule has 2 aliphatic heterocycles. The maximum Gasteiger partial charge on any atom is 0.253 e. The lowest BCUT2D eigenvalue weighted by molar-refractivity contribution is 0.0827. The normalized spacial score (nSPS) is 25.6. The van der Waals surface area contributed by atoms with Crippen molar-refractivity contribution < 1.29 is 9.53 Å². The smallest absolute Gasteiger partial charge is 0.253 e. The molecule has 1 aromatic carbocycles. The standard InChI is InChI=1S/C18H26N4O2/c1-19-18(21-15-10-14-8-9-16(15)24-14)20-11-12-4-6-13(7-5-12)17(23)22(2)3/h4-7,14-16H,8-11H2,1-3H3,(H2,19,20,21). The van der Waals surface area contributed by atoms with Crippen LogP contribution in [0.4, 0.5) is 0 Å². The number of hydrogen-bond acceptors (Lipinski definition) is 3. The second kappa shape index (κ2) is 7.21. The number of nitrogens with one attached hydrogen (secondary N) is 2. The third-order valence-electron chi connectivity index (χ3n) is 4.72. The van der Waals surface area contributed by atoms with Crippen molar-refractivity contribution >= 4 is 11.9 Å². The van der Waals surface area contributed by atoms with Gasteiger partial charge in [0.15, 0.2) is 5.96 Å². The fraction of sp³-hybridized carbons (Fsp3) is 0.556. The lowest BCUT2D eigenvalue weighted by Crippen LogP contribution is -2.47. The van der Waals surface area contributed by atoms with Gasteiger partial charge in [0.2, 0.25) is 0 Å². The van der Waals surface area contributed by atoms with Gasteiger partial charge in [-0.25, -0.2) is 0 Å². The molecule has 0 aromatic heterocycles. The summed E-state index contributed by atoms with van der Waals surface area (Å²) in [5.74, 6) is 0.813. The van der Waals surface area contributed by atoms with Gasteiger partial charge in [-0.2, -0.15) is 0 Å². The summed E-state index contributed by atoms with van der Waals surface area (Å²) in [6.45, 7) is 0.664. The van der Waals surface area contributed by atoms with E-state index in [1.165, 1.54) is 6.42 Å². The Kier molecular flexibility index (Phi) is 5.04. The van der Waals surface area contributed by atoms with E-state index in [1.54, 1.807) is 26.0 Å². The lowest BCUT2D eigenvalue weighted by atomic mass is 9.96. The Balaban J connectivity index is 1.51. The zero-order valence-electron chi connectivity index (χ0n) is 14.6. The number of fused-ring (bicyclic) bond motifs is 2. The average molecular weight is 330 g/mol. The van der Waals surface area contributed by atoms with E-state index in [1.807, 2.05) is 24.3 Å². The van der Waals surface area contributed by atoms with E-state index in [2.05, 4.69) is 15.6 Å². The first-order chi connectivity index (χ1) is 11.6. The Morgan fingerprint density at radius 3 is 2.58 bits per heavy atom. The average Bonchev–Trinajstić information content (AvgIpc) is 3.21. The van der Waals surface area contributed by atoms with Crippen LogP contribution in [0.5, 0.6) is 0 Å². The maximum absolute atomic E-state index is 11.9. The number of ether oxygens (including phenoxy) is 1. The molecule has 0 aliphatic carbocycles. The van der Waals surface area contributed by atoms with E-state index in [0.29, 0.717) is 30.4 Å². The first-order valence-electron chi connectivity index (χ1n) is 8.50. The van der Waals surface area contributed by atoms with Crippen molar-refractivity contribution in [1.82, 2.24) is 15.5 Å². The SMILES string of the molecule is CN=C(NCc1ccc(C(=O)N(C)C)cc1)NC1CC2CCC1O2. The third kappa shape index (κ3) is 3.70. The zero-order valence-corrected chi connectivity index (χ0v) is 14.6. The number of rotatable bonds is 4. The van der Waals surface area contributed by atoms with E-state index in [-0.39, 0.29) is 5.91 Å². The molecule has 130 valence electrons. The summed E-state index contributed by atoms with van der Waals surface area (Å²) in [7, 11) is 5.29. The van der Waals surface area contributed by atoms with Crippen LogP contribution < -0.4 is 10.6 Å². The first-order valence-corrected chi connectivity index (χ1v) is 8.50. The van der Waals surface area contributed by atoms with Crippen LogP contribution in [0.1, 0.15) is 35.2 Å². The molecule has 0 saturated carbocycles. The van der Waals surface area contributed by atoms with Crippen molar-refractivity contribution in [3.63, 3.8) is 0 Å². The van der Waals surface area contributed by atoms with Gasteiger partial charge in [-0.15, -0.1) is 0 Å². The molecule has 6 heteroatoms. The minimum atomic E-state index is 0.0169. The van der Waals surface area contributed by atoms with Crippen LogP contribution >= 0.6 is 0 Å². The molecule has 2 N–H and O–H groups in total. The van der Waals surface area contributed by atoms with E-state index in [4.69, 9.17) is 4.74 Å². The Labute approximate surface area is 143 Å². The molecule has 3 atom stereocenters. The molecule has 2 heterocycles. The molecule has 6 nitrogen and oxygen atoms in total. The molecule has 0 spiro atoms. The molecule has 3 unspecified atom stereocenters. The molecular weight excluding hydrogens is 304 g/mol. The van der Waals surface area contributed by atoms with Gasteiger partial charge < -0.3 is 20.3 Å². The molecule has 0 radical (unpaired) electrons. The van der Waals surface area contributed by atoms with Gasteiger partial charge >= 0.3 is 0 Å². The van der Waals surface area contributed by atoms with Crippen molar-refractivity contribution in [3.8, 4) is 0 Å². The Morgan fingerprint density at radius 1 is 1.29 bits per heavy atom. The minimum absolute atomic E-state index is 0.0169. The van der Waals surface area contributed by atoms with Gasteiger partial charge in [0, 0.05) is 33.3 Å². The molecule has 2 bridgehead atoms. The Hall–Kier alpha value is -2.08. The monoisotopic (exact) mass is 330 g/mol. The van der Waals surface area contributed by atoms with Crippen LogP contribution in [0.15, 0.2) is 29.3 Å². The second-order valence-corrected chi connectivity index (χ2v) is 6.68. The van der Waals surface area contributed by atoms with Gasteiger partial charge in [0.1, 0.15) is 0 Å². The van der Waals surface area contributed by atoms with Crippen molar-refractivity contribution in [2.24, 2.45) is 4.99 Å². The second-order valence-electron chi connectivity index (χ2n) is 6.68. The fourth-order valence-electron chi connectivity index (χ4n) is 3.37. The zero-order chi connectivity index (χ0) is 17.1. The Bertz CT molecular complexity index is 612. The summed E-state index contributed by atoms with van der Waals surface area (Å²) >= 11 is 0. The molecule has 24 heavy (non-hydrogen) atoms. The maximum atomic E-state index is 11.9. The molecule has 1 amide bonds. The molecular formula is C18H26N4O2. The number of carbonyl (C=O) groups is 1. The van der Waals surface area contributed by atoms with E-state index < -0.39 is 0 Å². The lowest BCUT2D eigenvalue weighted by Gasteiger charge is -2.22. The number of nitrogens with zero attached hydrogens (tertiary/aromatic N) is 2. The number of hydrogen-bond donors (Lipinski definition) is 2. The molecule has 2 saturated heterocycles. The van der Waals surface area contributed by atoms with Gasteiger partial charge in [-0.1, -0.05) is 12.1 Å². The van der Waals surface area contributed by atoms with Gasteiger partial charge in [-0.3, -0.25) is 9.79 Å². The summed E-state index contributed by atoms with van der Waals surface area (Å²) in [4.78, 5) is 17.8. The predicted molar refractivity (Wildman–Crippen MR) is 94.1 cm³/mol. The van der Waals surface area contributed by atoms with Gasteiger partial charge in [0.05, 0.1) is 18.2 Å². The largest absolute Gasteiger partial charge is 0.373 e. The van der Waals surface area contributed by atoms with Crippen LogP contribution in [0.3, 0.4) is 0 Å². The highest BCUT2D eigenvalue weighted by atomic mass is 16.5. The topological polar surface area (TPSA) is 66.0 Å². The highest BCUT2D eigenvalue weighted by Crippen LogP contribution is 2.34. The van der Waals surface area contributed by atoms with Gasteiger partial charge in [0.25, 0.3) is 5.91 Å². The van der Waals surface area contributed by atoms with Gasteiger partial charge in [-0.05, 0) is 37.0 Å². The van der Waals surface area contributed by atoms with E-state index in [0.717, 1.165) is 24.4 Å². The molecule has 3 rings (SSSR count). The fourth-order valence-corrected chi connectivity index (χ4v) is 3.37. The highest BCUT2D eigenvalue weighted by molar-refractivity contribution is 5.93. The number of amides is 1. The molecule has 2 fully saturated rings. The summed E-state index contributed by atoms with van der Waals surface area (Å²) in [5.41, 5.74) is 1.81. The van der Waals surface area contributed by atoms with Crippen molar-refractivity contribution in [3.05, 3.63) is 35.4 Å². The Morgan fingerprint density at radius 2 is 2.04 bits per heavy atom. The highest BCUT2D eigenvalue weighted by Gasteiger charge is 2.41. The third-order valence-corrected chi connectivity index (χ3v) is 4.72. The summed E-state index contributed by atoms with van der Waals surface area (Å²) in [6, 6.07) is 8.02. The summed E-state index contributed by atoms with van der Waals surface area (Å²) in [6.07, 6.45) is 4.14. The van der Waals surface area contributed by atoms with Crippen molar-refractivity contribution in [2.75, 3.05) is 21.1 Å². The van der Waals surface area contributed by atoms with Crippen molar-refractivity contribution in [1.29, 1.82) is 0 Å². The van der Waals surface area contributed by atoms with Crippen LogP contribution in [0.25, 0.3) is 0 Å².